The second-order valence-electron chi connectivity index (χ2n) is 2.77. The molecule has 0 bridgehead atoms. The molecule has 70 valence electrons. The molecule has 0 aliphatic rings. The van der Waals surface area contributed by atoms with E-state index in [1.54, 1.807) is 0 Å². The van der Waals surface area contributed by atoms with Crippen molar-refractivity contribution in [1.29, 1.82) is 0 Å². The van der Waals surface area contributed by atoms with Gasteiger partial charge in [-0.05, 0) is 11.1 Å². The molecule has 0 saturated carbocycles. The van der Waals surface area contributed by atoms with E-state index < -0.39 is 0 Å². The summed E-state index contributed by atoms with van der Waals surface area (Å²) in [7, 11) is 0. The molecule has 1 rings (SSSR count). The number of benzene rings is 1. The number of hydrazone groups is 1. The fraction of sp³-hybridized carbons (Fsp3) is 0.222. The van der Waals surface area contributed by atoms with E-state index in [0.29, 0.717) is 18.8 Å². The first-order valence-corrected chi connectivity index (χ1v) is 4.07. The first-order chi connectivity index (χ1) is 6.27. The number of nitrogens with two attached hydrogens (primary N) is 3. The van der Waals surface area contributed by atoms with Gasteiger partial charge in [0.1, 0.15) is 5.84 Å². The van der Waals surface area contributed by atoms with E-state index in [1.165, 1.54) is 0 Å². The van der Waals surface area contributed by atoms with E-state index in [2.05, 4.69) is 5.10 Å². The van der Waals surface area contributed by atoms with Gasteiger partial charge in [0.15, 0.2) is 0 Å². The highest BCUT2D eigenvalue weighted by atomic mass is 15.1. The van der Waals surface area contributed by atoms with E-state index in [1.807, 2.05) is 24.3 Å². The lowest BCUT2D eigenvalue weighted by Gasteiger charge is -2.05. The molecule has 4 nitrogen and oxygen atoms in total. The van der Waals surface area contributed by atoms with Crippen LogP contribution in [0.3, 0.4) is 0 Å². The van der Waals surface area contributed by atoms with Crippen molar-refractivity contribution >= 4 is 5.84 Å². The smallest absolute Gasteiger partial charge is 0.123 e. The number of hydrogen-bond acceptors (Lipinski definition) is 3. The molecule has 0 unspecified atom stereocenters. The van der Waals surface area contributed by atoms with Crippen molar-refractivity contribution in [3.8, 4) is 0 Å². The maximum Gasteiger partial charge on any atom is 0.123 e. The van der Waals surface area contributed by atoms with E-state index in [0.717, 1.165) is 11.1 Å². The highest BCUT2D eigenvalue weighted by Gasteiger charge is 2.01. The number of nitrogens with zero attached hydrogens (tertiary/aromatic N) is 1. The third-order valence-electron chi connectivity index (χ3n) is 1.88. The van der Waals surface area contributed by atoms with Crippen molar-refractivity contribution < 1.29 is 0 Å². The lowest BCUT2D eigenvalue weighted by atomic mass is 10.0. The van der Waals surface area contributed by atoms with Crippen LogP contribution in [0.15, 0.2) is 29.4 Å². The monoisotopic (exact) mass is 178 g/mol. The Morgan fingerprint density at radius 3 is 2.38 bits per heavy atom. The Balaban J connectivity index is 2.87. The SMILES string of the molecule is NCc1ccccc1CC(N)=NN. The second-order valence-corrected chi connectivity index (χ2v) is 2.77. The van der Waals surface area contributed by atoms with Gasteiger partial charge in [-0.15, -0.1) is 0 Å². The van der Waals surface area contributed by atoms with Crippen LogP contribution >= 0.6 is 0 Å². The number of hydrogen-bond donors (Lipinski definition) is 3. The Morgan fingerprint density at radius 2 is 1.85 bits per heavy atom. The van der Waals surface area contributed by atoms with Crippen LogP contribution in [0, 0.1) is 0 Å². The molecule has 4 heteroatoms. The molecule has 0 radical (unpaired) electrons. The Bertz CT molecular complexity index is 306. The molecule has 0 aromatic heterocycles. The van der Waals surface area contributed by atoms with Gasteiger partial charge in [0.25, 0.3) is 0 Å². The summed E-state index contributed by atoms with van der Waals surface area (Å²) in [4.78, 5) is 0. The fourth-order valence-corrected chi connectivity index (χ4v) is 1.17. The maximum absolute atomic E-state index is 5.56. The van der Waals surface area contributed by atoms with Crippen molar-refractivity contribution in [3.05, 3.63) is 35.4 Å². The zero-order valence-electron chi connectivity index (χ0n) is 7.40. The van der Waals surface area contributed by atoms with E-state index in [9.17, 15) is 0 Å². The van der Waals surface area contributed by atoms with Crippen LogP contribution in [0.4, 0.5) is 0 Å². The summed E-state index contributed by atoms with van der Waals surface area (Å²) in [5.41, 5.74) is 13.2. The van der Waals surface area contributed by atoms with Crippen LogP contribution in [-0.4, -0.2) is 5.84 Å². The Labute approximate surface area is 77.4 Å². The Hall–Kier alpha value is -1.55. The fourth-order valence-electron chi connectivity index (χ4n) is 1.17. The van der Waals surface area contributed by atoms with Gasteiger partial charge in [0, 0.05) is 13.0 Å². The minimum absolute atomic E-state index is 0.418. The first-order valence-electron chi connectivity index (χ1n) is 4.07. The molecular weight excluding hydrogens is 164 g/mol. The lowest BCUT2D eigenvalue weighted by Crippen LogP contribution is -2.18. The highest BCUT2D eigenvalue weighted by molar-refractivity contribution is 5.82. The molecule has 0 aliphatic carbocycles. The molecule has 0 atom stereocenters. The molecule has 0 saturated heterocycles. The van der Waals surface area contributed by atoms with Gasteiger partial charge in [-0.1, -0.05) is 24.3 Å². The summed E-state index contributed by atoms with van der Waals surface area (Å²) < 4.78 is 0. The average molecular weight is 178 g/mol. The molecule has 0 spiro atoms. The van der Waals surface area contributed by atoms with E-state index in [4.69, 9.17) is 17.3 Å². The summed E-state index contributed by atoms with van der Waals surface area (Å²) in [5, 5.41) is 3.41. The van der Waals surface area contributed by atoms with Crippen LogP contribution in [0.5, 0.6) is 0 Å². The molecular formula is C9H14N4. The van der Waals surface area contributed by atoms with Crippen LogP contribution < -0.4 is 17.3 Å². The van der Waals surface area contributed by atoms with Gasteiger partial charge < -0.3 is 17.3 Å². The van der Waals surface area contributed by atoms with Crippen molar-refractivity contribution in [2.75, 3.05) is 0 Å². The standard InChI is InChI=1S/C9H14N4/c10-6-8-4-2-1-3-7(8)5-9(11)13-12/h1-4H,5-6,10,12H2,(H2,11,13). The summed E-state index contributed by atoms with van der Waals surface area (Å²) in [6.45, 7) is 0.508. The summed E-state index contributed by atoms with van der Waals surface area (Å²) in [6.07, 6.45) is 0.559. The topological polar surface area (TPSA) is 90.4 Å². The van der Waals surface area contributed by atoms with Crippen molar-refractivity contribution in [1.82, 2.24) is 0 Å². The summed E-state index contributed by atoms with van der Waals surface area (Å²) >= 11 is 0. The zero-order valence-corrected chi connectivity index (χ0v) is 7.40. The molecule has 0 aliphatic heterocycles. The van der Waals surface area contributed by atoms with E-state index in [-0.39, 0.29) is 0 Å². The van der Waals surface area contributed by atoms with Crippen LogP contribution in [0.1, 0.15) is 11.1 Å². The predicted molar refractivity (Wildman–Crippen MR) is 53.8 cm³/mol. The normalized spacial score (nSPS) is 11.6. The van der Waals surface area contributed by atoms with Gasteiger partial charge in [0.2, 0.25) is 0 Å². The van der Waals surface area contributed by atoms with Gasteiger partial charge in [0.05, 0.1) is 0 Å². The predicted octanol–water partition coefficient (Wildman–Crippen LogP) is -0.0813. The Kier molecular flexibility index (Phi) is 3.28. The van der Waals surface area contributed by atoms with Crippen LogP contribution in [0.25, 0.3) is 0 Å². The highest BCUT2D eigenvalue weighted by Crippen LogP contribution is 2.08. The van der Waals surface area contributed by atoms with Crippen molar-refractivity contribution in [3.63, 3.8) is 0 Å². The lowest BCUT2D eigenvalue weighted by molar-refractivity contribution is 1.03. The maximum atomic E-state index is 5.56. The third kappa shape index (κ3) is 2.45. The number of amidine groups is 1. The summed E-state index contributed by atoms with van der Waals surface area (Å²) in [6, 6.07) is 7.83. The molecule has 1 aromatic carbocycles. The quantitative estimate of drug-likeness (QED) is 0.262. The van der Waals surface area contributed by atoms with Crippen molar-refractivity contribution in [2.24, 2.45) is 22.4 Å². The molecule has 6 N–H and O–H groups in total. The zero-order chi connectivity index (χ0) is 9.68. The van der Waals surface area contributed by atoms with Crippen molar-refractivity contribution in [2.45, 2.75) is 13.0 Å². The molecule has 0 heterocycles. The van der Waals surface area contributed by atoms with Gasteiger partial charge in [-0.2, -0.15) is 5.10 Å². The molecule has 13 heavy (non-hydrogen) atoms. The van der Waals surface area contributed by atoms with E-state index >= 15 is 0 Å². The average Bonchev–Trinajstić information content (AvgIpc) is 2.18. The number of rotatable bonds is 3. The second kappa shape index (κ2) is 4.47. The minimum Gasteiger partial charge on any atom is -0.385 e. The largest absolute Gasteiger partial charge is 0.385 e. The van der Waals surface area contributed by atoms with Gasteiger partial charge >= 0.3 is 0 Å². The van der Waals surface area contributed by atoms with Crippen LogP contribution in [-0.2, 0) is 13.0 Å². The molecule has 0 amide bonds. The third-order valence-corrected chi connectivity index (χ3v) is 1.88. The molecule has 0 fully saturated rings. The Morgan fingerprint density at radius 1 is 1.23 bits per heavy atom. The first kappa shape index (κ1) is 9.54. The molecule has 1 aromatic rings. The van der Waals surface area contributed by atoms with Crippen LogP contribution in [0.2, 0.25) is 0 Å². The van der Waals surface area contributed by atoms with Gasteiger partial charge in [-0.3, -0.25) is 0 Å². The van der Waals surface area contributed by atoms with Gasteiger partial charge in [-0.25, -0.2) is 0 Å². The minimum atomic E-state index is 0.418. The summed E-state index contributed by atoms with van der Waals surface area (Å²) in [5.74, 6) is 5.46.